The molecule has 0 amide bonds. The number of rotatable bonds is 2. The second kappa shape index (κ2) is 4.41. The quantitative estimate of drug-likeness (QED) is 0.603. The Balaban J connectivity index is 0.000000121. The molecule has 3 nitrogen and oxygen atoms in total. The third kappa shape index (κ3) is 2.25. The van der Waals surface area contributed by atoms with Crippen LogP contribution in [0, 0.1) is 10.8 Å². The second-order valence-corrected chi connectivity index (χ2v) is 7.94. The molecule has 0 aromatic rings. The summed E-state index contributed by atoms with van der Waals surface area (Å²) in [4.78, 5) is 10.3. The lowest BCUT2D eigenvalue weighted by molar-refractivity contribution is -0.168. The molecule has 0 saturated heterocycles. The van der Waals surface area contributed by atoms with E-state index in [0.717, 1.165) is 25.7 Å². The van der Waals surface area contributed by atoms with E-state index in [1.54, 1.807) is 6.08 Å². The highest BCUT2D eigenvalue weighted by atomic mass is 16.3. The van der Waals surface area contributed by atoms with Gasteiger partial charge in [0.2, 0.25) is 0 Å². The van der Waals surface area contributed by atoms with Crippen LogP contribution in [0.1, 0.15) is 64.2 Å². The van der Waals surface area contributed by atoms with E-state index in [9.17, 15) is 15.0 Å². The summed E-state index contributed by atoms with van der Waals surface area (Å²) in [7, 11) is 0. The number of hydrogen-bond donors (Lipinski definition) is 2. The van der Waals surface area contributed by atoms with Crippen LogP contribution in [-0.4, -0.2) is 27.7 Å². The van der Waals surface area contributed by atoms with Gasteiger partial charge in [-0.05, 0) is 62.2 Å². The summed E-state index contributed by atoms with van der Waals surface area (Å²) in [6.45, 7) is 3.63. The molecule has 2 spiro atoms. The molecule has 4 fully saturated rings. The van der Waals surface area contributed by atoms with Gasteiger partial charge in [0.15, 0.2) is 6.29 Å². The Kier molecular flexibility index (Phi) is 3.15. The molecule has 0 bridgehead atoms. The molecule has 0 unspecified atom stereocenters. The fraction of sp³-hybridized carbons (Fsp3) is 0.824. The van der Waals surface area contributed by atoms with Gasteiger partial charge < -0.3 is 15.0 Å². The highest BCUT2D eigenvalue weighted by Crippen LogP contribution is 2.61. The minimum Gasteiger partial charge on any atom is -0.386 e. The first-order chi connectivity index (χ1) is 9.36. The van der Waals surface area contributed by atoms with Crippen molar-refractivity contribution in [1.29, 1.82) is 0 Å². The van der Waals surface area contributed by atoms with Gasteiger partial charge >= 0.3 is 0 Å². The summed E-state index contributed by atoms with van der Waals surface area (Å²) in [6, 6.07) is 0. The molecule has 112 valence electrons. The number of carbonyl (C=O) groups is 1. The van der Waals surface area contributed by atoms with E-state index in [4.69, 9.17) is 0 Å². The van der Waals surface area contributed by atoms with Crippen LogP contribution >= 0.6 is 0 Å². The van der Waals surface area contributed by atoms with Gasteiger partial charge in [-0.2, -0.15) is 0 Å². The molecule has 0 aliphatic heterocycles. The zero-order valence-electron chi connectivity index (χ0n) is 12.2. The summed E-state index contributed by atoms with van der Waals surface area (Å²) in [5.41, 5.74) is -0.459. The molecule has 0 aromatic heterocycles. The van der Waals surface area contributed by atoms with E-state index < -0.39 is 11.2 Å². The van der Waals surface area contributed by atoms with Gasteiger partial charge in [-0.3, -0.25) is 0 Å². The molecule has 3 heteroatoms. The zero-order valence-corrected chi connectivity index (χ0v) is 12.2. The van der Waals surface area contributed by atoms with Gasteiger partial charge in [0, 0.05) is 0 Å². The van der Waals surface area contributed by atoms with Gasteiger partial charge in [-0.25, -0.2) is 0 Å². The first-order valence-electron chi connectivity index (χ1n) is 7.91. The smallest absolute Gasteiger partial charge is 0.151 e. The van der Waals surface area contributed by atoms with Crippen molar-refractivity contribution < 1.29 is 15.0 Å². The third-order valence-electron chi connectivity index (χ3n) is 6.15. The molecule has 4 saturated carbocycles. The monoisotopic (exact) mass is 278 g/mol. The predicted molar refractivity (Wildman–Crippen MR) is 77.2 cm³/mol. The summed E-state index contributed by atoms with van der Waals surface area (Å²) in [5.74, 6) is 0. The van der Waals surface area contributed by atoms with Crippen LogP contribution < -0.4 is 0 Å². The maximum atomic E-state index is 10.3. The van der Waals surface area contributed by atoms with Crippen molar-refractivity contribution >= 4 is 6.29 Å². The fourth-order valence-corrected chi connectivity index (χ4v) is 4.78. The van der Waals surface area contributed by atoms with Gasteiger partial charge in [0.1, 0.15) is 5.60 Å². The van der Waals surface area contributed by atoms with Crippen molar-refractivity contribution in [2.75, 3.05) is 0 Å². The highest BCUT2D eigenvalue weighted by Gasteiger charge is 2.56. The molecular formula is C17H26O3. The molecular weight excluding hydrogens is 252 g/mol. The van der Waals surface area contributed by atoms with Crippen molar-refractivity contribution in [2.24, 2.45) is 10.8 Å². The Hall–Kier alpha value is -0.670. The maximum Gasteiger partial charge on any atom is 0.151 e. The van der Waals surface area contributed by atoms with Crippen molar-refractivity contribution in [3.63, 3.8) is 0 Å². The normalized spacial score (nSPS) is 37.3. The van der Waals surface area contributed by atoms with E-state index in [1.807, 2.05) is 0 Å². The van der Waals surface area contributed by atoms with Crippen LogP contribution in [-0.2, 0) is 4.79 Å². The Morgan fingerprint density at radius 1 is 0.800 bits per heavy atom. The first kappa shape index (κ1) is 14.3. The Bertz CT molecular complexity index is 362. The van der Waals surface area contributed by atoms with Crippen molar-refractivity contribution in [1.82, 2.24) is 0 Å². The number of carbonyl (C=O) groups excluding carboxylic acids is 1. The number of aliphatic hydroxyl groups is 2. The van der Waals surface area contributed by atoms with Gasteiger partial charge in [0.05, 0.1) is 5.60 Å². The zero-order chi connectivity index (χ0) is 14.5. The lowest BCUT2D eigenvalue weighted by atomic mass is 9.50. The van der Waals surface area contributed by atoms with E-state index in [-0.39, 0.29) is 0 Å². The average molecular weight is 278 g/mol. The first-order valence-corrected chi connectivity index (χ1v) is 7.91. The topological polar surface area (TPSA) is 57.5 Å². The van der Waals surface area contributed by atoms with Crippen LogP contribution in [0.4, 0.5) is 0 Å². The van der Waals surface area contributed by atoms with Crippen LogP contribution in [0.3, 0.4) is 0 Å². The van der Waals surface area contributed by atoms with Crippen LogP contribution in [0.25, 0.3) is 0 Å². The molecule has 0 heterocycles. The second-order valence-electron chi connectivity index (χ2n) is 7.94. The van der Waals surface area contributed by atoms with E-state index in [2.05, 4.69) is 6.58 Å². The number of aldehydes is 1. The van der Waals surface area contributed by atoms with E-state index in [0.29, 0.717) is 17.1 Å². The molecule has 4 aliphatic carbocycles. The Morgan fingerprint density at radius 2 is 1.20 bits per heavy atom. The van der Waals surface area contributed by atoms with E-state index >= 15 is 0 Å². The van der Waals surface area contributed by atoms with Crippen LogP contribution in [0.2, 0.25) is 0 Å². The molecule has 0 radical (unpaired) electrons. The summed E-state index contributed by atoms with van der Waals surface area (Å²) >= 11 is 0. The lowest BCUT2D eigenvalue weighted by Crippen LogP contribution is -2.56. The fourth-order valence-electron chi connectivity index (χ4n) is 4.78. The Labute approximate surface area is 121 Å². The van der Waals surface area contributed by atoms with Crippen LogP contribution in [0.15, 0.2) is 12.7 Å². The molecule has 20 heavy (non-hydrogen) atoms. The molecule has 2 N–H and O–H groups in total. The Morgan fingerprint density at radius 3 is 1.45 bits per heavy atom. The lowest BCUT2D eigenvalue weighted by Gasteiger charge is -2.57. The summed E-state index contributed by atoms with van der Waals surface area (Å²) < 4.78 is 0. The minimum atomic E-state index is -0.930. The highest BCUT2D eigenvalue weighted by molar-refractivity contribution is 5.64. The molecule has 4 rings (SSSR count). The summed E-state index contributed by atoms with van der Waals surface area (Å²) in [5, 5.41) is 19.0. The molecule has 4 aliphatic rings. The summed E-state index contributed by atoms with van der Waals surface area (Å²) in [6.07, 6.45) is 13.6. The maximum absolute atomic E-state index is 10.3. The molecule has 0 atom stereocenters. The number of hydrogen-bond acceptors (Lipinski definition) is 3. The minimum absolute atomic E-state index is 0.398. The third-order valence-corrected chi connectivity index (χ3v) is 6.15. The average Bonchev–Trinajstić information content (AvgIpc) is 2.27. The van der Waals surface area contributed by atoms with Crippen molar-refractivity contribution in [3.8, 4) is 0 Å². The van der Waals surface area contributed by atoms with Crippen molar-refractivity contribution in [2.45, 2.75) is 75.4 Å². The standard InChI is InChI=1S/C9H14O.C8H12O2/c1-2-9(10)6-8(7-9)4-3-5-8;9-6-8(10)4-7(5-8)2-1-3-7/h2,10H,1,3-7H2;6,10H,1-5H2. The SMILES string of the molecule is C=CC1(O)CC2(CCC2)C1.O=CC1(O)CC2(CCC2)C1. The molecule has 0 aromatic carbocycles. The van der Waals surface area contributed by atoms with Crippen LogP contribution in [0.5, 0.6) is 0 Å². The predicted octanol–water partition coefficient (Wildman–Crippen LogP) is 2.75. The van der Waals surface area contributed by atoms with Gasteiger partial charge in [-0.1, -0.05) is 18.9 Å². The largest absolute Gasteiger partial charge is 0.386 e. The van der Waals surface area contributed by atoms with Crippen molar-refractivity contribution in [3.05, 3.63) is 12.7 Å². The van der Waals surface area contributed by atoms with E-state index in [1.165, 1.54) is 38.5 Å². The van der Waals surface area contributed by atoms with Gasteiger partial charge in [0.25, 0.3) is 0 Å². The van der Waals surface area contributed by atoms with Gasteiger partial charge in [-0.15, -0.1) is 6.58 Å².